The van der Waals surface area contributed by atoms with E-state index >= 15 is 0 Å². The Hall–Kier alpha value is -3.16. The normalized spacial score (nSPS) is 11.6. The van der Waals surface area contributed by atoms with Gasteiger partial charge in [-0.15, -0.1) is 0 Å². The Balaban J connectivity index is 2.17. The van der Waals surface area contributed by atoms with E-state index in [0.29, 0.717) is 11.1 Å². The molecular weight excluding hydrogens is 292 g/mol. The molecule has 0 saturated carbocycles. The molecule has 0 aromatic carbocycles. The minimum atomic E-state index is -1.51. The summed E-state index contributed by atoms with van der Waals surface area (Å²) in [6.07, 6.45) is 5.01. The summed E-state index contributed by atoms with van der Waals surface area (Å²) in [5.41, 5.74) is 1.45. The molecule has 2 rings (SSSR count). The molecule has 2 heterocycles. The summed E-state index contributed by atoms with van der Waals surface area (Å²) in [4.78, 5) is 37.5. The number of nitrogens with zero attached hydrogens (tertiary/aromatic N) is 1. The molecule has 0 radical (unpaired) electrons. The Morgan fingerprint density at radius 1 is 1.23 bits per heavy atom. The van der Waals surface area contributed by atoms with E-state index in [9.17, 15) is 14.4 Å². The Kier molecular flexibility index (Phi) is 4.52. The summed E-state index contributed by atoms with van der Waals surface area (Å²) in [6.45, 7) is 0. The Morgan fingerprint density at radius 2 is 2.00 bits per heavy atom. The molecule has 8 nitrogen and oxygen atoms in total. The van der Waals surface area contributed by atoms with Gasteiger partial charge in [-0.1, -0.05) is 0 Å². The van der Waals surface area contributed by atoms with Crippen LogP contribution in [0.4, 0.5) is 0 Å². The zero-order valence-electron chi connectivity index (χ0n) is 11.2. The van der Waals surface area contributed by atoms with E-state index in [0.717, 1.165) is 0 Å². The van der Waals surface area contributed by atoms with Crippen LogP contribution in [-0.2, 0) is 9.59 Å². The van der Waals surface area contributed by atoms with Gasteiger partial charge in [0.2, 0.25) is 0 Å². The molecule has 0 spiro atoms. The molecule has 0 bridgehead atoms. The van der Waals surface area contributed by atoms with Crippen molar-refractivity contribution in [1.29, 1.82) is 0 Å². The van der Waals surface area contributed by atoms with Crippen molar-refractivity contribution in [2.24, 2.45) is 0 Å². The molecule has 3 N–H and O–H groups in total. The lowest BCUT2D eigenvalue weighted by Crippen LogP contribution is -2.42. The number of nitrogens with one attached hydrogen (secondary N) is 1. The van der Waals surface area contributed by atoms with Crippen LogP contribution in [0.15, 0.2) is 41.5 Å². The molecule has 1 amide bonds. The highest BCUT2D eigenvalue weighted by Crippen LogP contribution is 2.19. The maximum absolute atomic E-state index is 12.0. The number of carbonyl (C=O) groups is 3. The monoisotopic (exact) mass is 304 g/mol. The predicted molar refractivity (Wildman–Crippen MR) is 73.1 cm³/mol. The van der Waals surface area contributed by atoms with Crippen LogP contribution in [0.3, 0.4) is 0 Å². The Bertz CT molecular complexity index is 695. The van der Waals surface area contributed by atoms with E-state index in [2.05, 4.69) is 10.3 Å². The average Bonchev–Trinajstić information content (AvgIpc) is 3.00. The number of rotatable bonds is 6. The predicted octanol–water partition coefficient (Wildman–Crippen LogP) is 0.999. The molecule has 0 unspecified atom stereocenters. The van der Waals surface area contributed by atoms with Crippen molar-refractivity contribution in [3.8, 4) is 11.1 Å². The van der Waals surface area contributed by atoms with E-state index in [1.165, 1.54) is 31.0 Å². The van der Waals surface area contributed by atoms with Gasteiger partial charge < -0.3 is 19.9 Å². The summed E-state index contributed by atoms with van der Waals surface area (Å²) in [5.74, 6) is -3.46. The third-order valence-electron chi connectivity index (χ3n) is 2.84. The SMILES string of the molecule is O=C(O)C[C@H](NC(=O)c1cncc(-c2ccoc2)c1)C(=O)O. The van der Waals surface area contributed by atoms with Crippen molar-refractivity contribution < 1.29 is 29.0 Å². The first-order valence-corrected chi connectivity index (χ1v) is 6.20. The van der Waals surface area contributed by atoms with Gasteiger partial charge in [-0.05, 0) is 12.1 Å². The summed E-state index contributed by atoms with van der Waals surface area (Å²) in [5, 5.41) is 19.7. The van der Waals surface area contributed by atoms with E-state index < -0.39 is 30.3 Å². The van der Waals surface area contributed by atoms with Crippen molar-refractivity contribution in [2.75, 3.05) is 0 Å². The zero-order valence-corrected chi connectivity index (χ0v) is 11.2. The number of hydrogen-bond donors (Lipinski definition) is 3. The number of carbonyl (C=O) groups excluding carboxylic acids is 1. The number of aromatic nitrogens is 1. The lowest BCUT2D eigenvalue weighted by Gasteiger charge is -2.12. The van der Waals surface area contributed by atoms with E-state index in [1.54, 1.807) is 6.07 Å². The van der Waals surface area contributed by atoms with Crippen molar-refractivity contribution in [3.05, 3.63) is 42.6 Å². The number of carboxylic acid groups (broad SMARTS) is 2. The van der Waals surface area contributed by atoms with Gasteiger partial charge in [0, 0.05) is 23.5 Å². The van der Waals surface area contributed by atoms with Gasteiger partial charge >= 0.3 is 11.9 Å². The number of hydrogen-bond acceptors (Lipinski definition) is 5. The standard InChI is InChI=1S/C14H12N2O6/c17-12(18)4-11(14(20)21)16-13(19)10-3-9(5-15-6-10)8-1-2-22-7-8/h1-3,5-7,11H,4H2,(H,16,19)(H,17,18)(H,20,21)/t11-/m0/s1. The van der Waals surface area contributed by atoms with Gasteiger partial charge in [0.25, 0.3) is 5.91 Å². The van der Waals surface area contributed by atoms with Crippen LogP contribution in [0, 0.1) is 0 Å². The maximum Gasteiger partial charge on any atom is 0.326 e. The van der Waals surface area contributed by atoms with Crippen molar-refractivity contribution in [2.45, 2.75) is 12.5 Å². The average molecular weight is 304 g/mol. The van der Waals surface area contributed by atoms with Gasteiger partial charge in [-0.3, -0.25) is 14.6 Å². The molecule has 22 heavy (non-hydrogen) atoms. The smallest absolute Gasteiger partial charge is 0.326 e. The summed E-state index contributed by atoms with van der Waals surface area (Å²) in [7, 11) is 0. The van der Waals surface area contributed by atoms with Crippen LogP contribution in [0.2, 0.25) is 0 Å². The van der Waals surface area contributed by atoms with Gasteiger partial charge in [0.05, 0.1) is 24.5 Å². The number of amides is 1. The summed E-state index contributed by atoms with van der Waals surface area (Å²) >= 11 is 0. The largest absolute Gasteiger partial charge is 0.481 e. The number of pyridine rings is 1. The van der Waals surface area contributed by atoms with E-state index in [-0.39, 0.29) is 5.56 Å². The topological polar surface area (TPSA) is 130 Å². The van der Waals surface area contributed by atoms with Crippen molar-refractivity contribution in [3.63, 3.8) is 0 Å². The van der Waals surface area contributed by atoms with Crippen LogP contribution in [0.25, 0.3) is 11.1 Å². The molecule has 0 aliphatic rings. The fourth-order valence-corrected chi connectivity index (χ4v) is 1.77. The van der Waals surface area contributed by atoms with Gasteiger partial charge in [-0.2, -0.15) is 0 Å². The molecule has 8 heteroatoms. The molecule has 1 atom stereocenters. The summed E-state index contributed by atoms with van der Waals surface area (Å²) in [6, 6.07) is 1.68. The van der Waals surface area contributed by atoms with Crippen molar-refractivity contribution in [1.82, 2.24) is 10.3 Å². The van der Waals surface area contributed by atoms with E-state index in [4.69, 9.17) is 14.6 Å². The first kappa shape index (κ1) is 15.2. The van der Waals surface area contributed by atoms with Gasteiger partial charge in [-0.25, -0.2) is 4.79 Å². The molecule has 2 aromatic heterocycles. The number of furan rings is 1. The molecular formula is C14H12N2O6. The fraction of sp³-hybridized carbons (Fsp3) is 0.143. The van der Waals surface area contributed by atoms with Gasteiger partial charge in [0.1, 0.15) is 6.04 Å². The minimum Gasteiger partial charge on any atom is -0.481 e. The highest BCUT2D eigenvalue weighted by molar-refractivity contribution is 5.97. The van der Waals surface area contributed by atoms with Crippen LogP contribution in [0.1, 0.15) is 16.8 Å². The molecule has 114 valence electrons. The third kappa shape index (κ3) is 3.69. The molecule has 0 saturated heterocycles. The van der Waals surface area contributed by atoms with E-state index in [1.807, 2.05) is 0 Å². The highest BCUT2D eigenvalue weighted by atomic mass is 16.4. The van der Waals surface area contributed by atoms with Crippen molar-refractivity contribution >= 4 is 17.8 Å². The second kappa shape index (κ2) is 6.53. The zero-order chi connectivity index (χ0) is 16.1. The molecule has 2 aromatic rings. The maximum atomic E-state index is 12.0. The number of carboxylic acids is 2. The second-order valence-electron chi connectivity index (χ2n) is 4.44. The minimum absolute atomic E-state index is 0.121. The fourth-order valence-electron chi connectivity index (χ4n) is 1.77. The second-order valence-corrected chi connectivity index (χ2v) is 4.44. The first-order valence-electron chi connectivity index (χ1n) is 6.20. The third-order valence-corrected chi connectivity index (χ3v) is 2.84. The quantitative estimate of drug-likeness (QED) is 0.725. The lowest BCUT2D eigenvalue weighted by molar-refractivity contribution is -0.145. The first-order chi connectivity index (χ1) is 10.5. The van der Waals surface area contributed by atoms with Crippen LogP contribution in [-0.4, -0.2) is 39.1 Å². The number of aliphatic carboxylic acids is 2. The lowest BCUT2D eigenvalue weighted by atomic mass is 10.1. The van der Waals surface area contributed by atoms with Crippen LogP contribution in [0.5, 0.6) is 0 Å². The molecule has 0 fully saturated rings. The summed E-state index contributed by atoms with van der Waals surface area (Å²) < 4.78 is 4.94. The molecule has 0 aliphatic heterocycles. The van der Waals surface area contributed by atoms with Crippen LogP contribution < -0.4 is 5.32 Å². The highest BCUT2D eigenvalue weighted by Gasteiger charge is 2.23. The molecule has 0 aliphatic carbocycles. The Labute approximate surface area is 124 Å². The Morgan fingerprint density at radius 3 is 2.59 bits per heavy atom. The van der Waals surface area contributed by atoms with Gasteiger partial charge in [0.15, 0.2) is 0 Å². The van der Waals surface area contributed by atoms with Crippen LogP contribution >= 0.6 is 0 Å².